The van der Waals surface area contributed by atoms with Gasteiger partial charge in [-0.05, 0) is 69.0 Å². The third kappa shape index (κ3) is 3.88. The maximum Gasteiger partial charge on any atom is 0.269 e. The van der Waals surface area contributed by atoms with Crippen LogP contribution >= 0.6 is 11.8 Å². The number of aromatic nitrogens is 2. The fourth-order valence-electron chi connectivity index (χ4n) is 2.83. The number of nitro benzene ring substituents is 1. The van der Waals surface area contributed by atoms with Crippen LogP contribution in [0.15, 0.2) is 39.6 Å². The average molecular weight is 383 g/mol. The first-order valence-electron chi connectivity index (χ1n) is 8.60. The molecular weight excluding hydrogens is 362 g/mol. The molecule has 0 fully saturated rings. The van der Waals surface area contributed by atoms with Gasteiger partial charge >= 0.3 is 0 Å². The zero-order valence-electron chi connectivity index (χ0n) is 15.9. The quantitative estimate of drug-likeness (QED) is 0.318. The van der Waals surface area contributed by atoms with E-state index in [1.807, 2.05) is 6.92 Å². The lowest BCUT2D eigenvalue weighted by molar-refractivity contribution is -0.384. The summed E-state index contributed by atoms with van der Waals surface area (Å²) in [7, 11) is 0. The van der Waals surface area contributed by atoms with Crippen LogP contribution in [-0.4, -0.2) is 15.1 Å². The predicted molar refractivity (Wildman–Crippen MR) is 106 cm³/mol. The van der Waals surface area contributed by atoms with Crippen LogP contribution in [0, 0.1) is 37.8 Å². The van der Waals surface area contributed by atoms with Crippen molar-refractivity contribution in [3.8, 4) is 11.5 Å². The first-order valence-corrected chi connectivity index (χ1v) is 9.48. The molecule has 1 aromatic heterocycles. The number of thioether (sulfide) groups is 1. The van der Waals surface area contributed by atoms with E-state index in [1.54, 1.807) is 23.9 Å². The maximum atomic E-state index is 10.8. The summed E-state index contributed by atoms with van der Waals surface area (Å²) in [5, 5.41) is 19.0. The van der Waals surface area contributed by atoms with E-state index in [1.165, 1.54) is 39.3 Å². The van der Waals surface area contributed by atoms with Crippen LogP contribution in [0.4, 0.5) is 5.69 Å². The van der Waals surface area contributed by atoms with E-state index < -0.39 is 4.92 Å². The third-order valence-corrected chi connectivity index (χ3v) is 6.11. The summed E-state index contributed by atoms with van der Waals surface area (Å²) in [6.07, 6.45) is 0. The number of rotatable bonds is 5. The molecule has 0 aliphatic carbocycles. The molecule has 6 nitrogen and oxygen atoms in total. The Kier molecular flexibility index (Phi) is 5.32. The molecule has 1 atom stereocenters. The summed E-state index contributed by atoms with van der Waals surface area (Å²) in [6.45, 7) is 10.5. The van der Waals surface area contributed by atoms with Gasteiger partial charge in [-0.1, -0.05) is 6.07 Å². The van der Waals surface area contributed by atoms with Gasteiger partial charge in [-0.15, -0.1) is 22.0 Å². The van der Waals surface area contributed by atoms with Crippen molar-refractivity contribution in [1.29, 1.82) is 0 Å². The molecule has 3 rings (SSSR count). The highest BCUT2D eigenvalue weighted by atomic mass is 32.2. The van der Waals surface area contributed by atoms with Crippen molar-refractivity contribution in [2.75, 3.05) is 0 Å². The van der Waals surface area contributed by atoms with E-state index in [4.69, 9.17) is 4.42 Å². The van der Waals surface area contributed by atoms with Gasteiger partial charge in [-0.3, -0.25) is 10.1 Å². The van der Waals surface area contributed by atoms with Gasteiger partial charge in [0.2, 0.25) is 11.8 Å². The van der Waals surface area contributed by atoms with Crippen molar-refractivity contribution < 1.29 is 9.34 Å². The molecule has 0 saturated carbocycles. The molecule has 0 bridgehead atoms. The van der Waals surface area contributed by atoms with Gasteiger partial charge in [0.15, 0.2) is 0 Å². The topological polar surface area (TPSA) is 82.1 Å². The Morgan fingerprint density at radius 3 is 2.19 bits per heavy atom. The Morgan fingerprint density at radius 2 is 1.63 bits per heavy atom. The van der Waals surface area contributed by atoms with Crippen molar-refractivity contribution in [2.24, 2.45) is 0 Å². The van der Waals surface area contributed by atoms with Gasteiger partial charge in [-0.2, -0.15) is 0 Å². The SMILES string of the molecule is Cc1cc(C)c(C)c(S[C@H](C)c2nnc(-c3ccc([N+](=O)[O-])cc3)o2)c1C. The first kappa shape index (κ1) is 19.1. The molecule has 2 aromatic carbocycles. The highest BCUT2D eigenvalue weighted by Crippen LogP contribution is 2.40. The molecule has 3 aromatic rings. The number of hydrogen-bond donors (Lipinski definition) is 0. The summed E-state index contributed by atoms with van der Waals surface area (Å²) in [6, 6.07) is 8.30. The minimum Gasteiger partial charge on any atom is -0.419 e. The van der Waals surface area contributed by atoms with Crippen molar-refractivity contribution in [1.82, 2.24) is 10.2 Å². The monoisotopic (exact) mass is 383 g/mol. The van der Waals surface area contributed by atoms with Crippen LogP contribution in [0.5, 0.6) is 0 Å². The van der Waals surface area contributed by atoms with Crippen molar-refractivity contribution in [3.05, 3.63) is 68.6 Å². The molecule has 140 valence electrons. The van der Waals surface area contributed by atoms with Gasteiger partial charge in [0.1, 0.15) is 0 Å². The van der Waals surface area contributed by atoms with Gasteiger partial charge in [0.05, 0.1) is 10.2 Å². The van der Waals surface area contributed by atoms with E-state index in [0.717, 1.165) is 0 Å². The molecule has 0 unspecified atom stereocenters. The van der Waals surface area contributed by atoms with E-state index in [-0.39, 0.29) is 10.9 Å². The van der Waals surface area contributed by atoms with E-state index >= 15 is 0 Å². The van der Waals surface area contributed by atoms with Crippen LogP contribution in [-0.2, 0) is 0 Å². The second-order valence-electron chi connectivity index (χ2n) is 6.60. The van der Waals surface area contributed by atoms with Crippen LogP contribution in [0.3, 0.4) is 0 Å². The lowest BCUT2D eigenvalue weighted by Crippen LogP contribution is -1.96. The van der Waals surface area contributed by atoms with Gasteiger partial charge in [0, 0.05) is 22.6 Å². The maximum absolute atomic E-state index is 10.8. The number of hydrogen-bond acceptors (Lipinski definition) is 6. The number of benzene rings is 2. The number of non-ortho nitro benzene ring substituents is 1. The molecule has 0 aliphatic heterocycles. The Labute approximate surface area is 162 Å². The fourth-order valence-corrected chi connectivity index (χ4v) is 4.05. The minimum absolute atomic E-state index is 0.0112. The molecule has 27 heavy (non-hydrogen) atoms. The van der Waals surface area contributed by atoms with E-state index in [2.05, 4.69) is 44.0 Å². The Bertz CT molecular complexity index is 970. The van der Waals surface area contributed by atoms with Crippen LogP contribution in [0.25, 0.3) is 11.5 Å². The van der Waals surface area contributed by atoms with Crippen LogP contribution in [0.1, 0.15) is 40.3 Å². The Hall–Kier alpha value is -2.67. The lowest BCUT2D eigenvalue weighted by Gasteiger charge is -2.16. The van der Waals surface area contributed by atoms with Gasteiger partial charge in [-0.25, -0.2) is 0 Å². The molecule has 0 radical (unpaired) electrons. The van der Waals surface area contributed by atoms with Crippen LogP contribution < -0.4 is 0 Å². The number of nitro groups is 1. The first-order chi connectivity index (χ1) is 12.8. The Balaban J connectivity index is 1.84. The standard InChI is InChI=1S/C20H21N3O3S/c1-11-10-12(2)14(4)18(13(11)3)27-15(5)19-21-22-20(26-19)16-6-8-17(9-7-16)23(24)25/h6-10,15H,1-5H3/t15-/m1/s1. The molecule has 0 amide bonds. The van der Waals surface area contributed by atoms with Crippen molar-refractivity contribution in [2.45, 2.75) is 44.8 Å². The lowest BCUT2D eigenvalue weighted by atomic mass is 10.0. The summed E-state index contributed by atoms with van der Waals surface area (Å²) in [5.41, 5.74) is 5.77. The zero-order chi connectivity index (χ0) is 19.7. The number of nitrogens with zero attached hydrogens (tertiary/aromatic N) is 3. The highest BCUT2D eigenvalue weighted by Gasteiger charge is 2.19. The summed E-state index contributed by atoms with van der Waals surface area (Å²) < 4.78 is 5.83. The third-order valence-electron chi connectivity index (χ3n) is 4.71. The smallest absolute Gasteiger partial charge is 0.269 e. The molecule has 0 saturated heterocycles. The Morgan fingerprint density at radius 1 is 1.04 bits per heavy atom. The highest BCUT2D eigenvalue weighted by molar-refractivity contribution is 7.99. The summed E-state index contributed by atoms with van der Waals surface area (Å²) >= 11 is 1.71. The minimum atomic E-state index is -0.434. The van der Waals surface area contributed by atoms with Crippen molar-refractivity contribution in [3.63, 3.8) is 0 Å². The van der Waals surface area contributed by atoms with E-state index in [9.17, 15) is 10.1 Å². The second-order valence-corrected chi connectivity index (χ2v) is 7.95. The molecule has 0 aliphatic rings. The van der Waals surface area contributed by atoms with Gasteiger partial charge in [0.25, 0.3) is 5.69 Å². The summed E-state index contributed by atoms with van der Waals surface area (Å²) in [5.74, 6) is 0.896. The largest absolute Gasteiger partial charge is 0.419 e. The van der Waals surface area contributed by atoms with Crippen LogP contribution in [0.2, 0.25) is 0 Å². The number of aryl methyl sites for hydroxylation is 2. The predicted octanol–water partition coefficient (Wildman–Crippen LogP) is 5.73. The molecule has 7 heteroatoms. The summed E-state index contributed by atoms with van der Waals surface area (Å²) in [4.78, 5) is 11.6. The zero-order valence-corrected chi connectivity index (χ0v) is 16.8. The molecule has 0 spiro atoms. The van der Waals surface area contributed by atoms with Gasteiger partial charge < -0.3 is 4.42 Å². The second kappa shape index (κ2) is 7.52. The molecule has 1 heterocycles. The van der Waals surface area contributed by atoms with E-state index in [0.29, 0.717) is 17.3 Å². The normalized spacial score (nSPS) is 12.2. The fraction of sp³-hybridized carbons (Fsp3) is 0.300. The molecular formula is C20H21N3O3S. The average Bonchev–Trinajstić information content (AvgIpc) is 3.14. The van der Waals surface area contributed by atoms with Crippen molar-refractivity contribution >= 4 is 17.4 Å². The molecule has 0 N–H and O–H groups in total.